The average Bonchev–Trinajstić information content (AvgIpc) is 3.10. The molecule has 0 bridgehead atoms. The van der Waals surface area contributed by atoms with Gasteiger partial charge in [0, 0.05) is 25.6 Å². The van der Waals surface area contributed by atoms with Crippen molar-refractivity contribution >= 4 is 63.4 Å². The molecule has 0 saturated carbocycles. The highest BCUT2D eigenvalue weighted by atomic mass is 35.5. The summed E-state index contributed by atoms with van der Waals surface area (Å²) < 4.78 is 28.4. The van der Waals surface area contributed by atoms with Gasteiger partial charge in [0.15, 0.2) is 0 Å². The molecular weight excluding hydrogens is 689 g/mol. The molecule has 5 N–H and O–H groups in total. The molecule has 5 rings (SSSR count). The lowest BCUT2D eigenvalue weighted by atomic mass is 9.83. The van der Waals surface area contributed by atoms with Gasteiger partial charge in [-0.1, -0.05) is 30.3 Å². The van der Waals surface area contributed by atoms with E-state index in [1.165, 1.54) is 12.1 Å². The summed E-state index contributed by atoms with van der Waals surface area (Å²) in [5.74, 6) is -0.856. The van der Waals surface area contributed by atoms with Crippen molar-refractivity contribution in [2.24, 2.45) is 23.7 Å². The van der Waals surface area contributed by atoms with Crippen LogP contribution in [0.25, 0.3) is 10.8 Å². The first-order valence-corrected chi connectivity index (χ1v) is 18.9. The molecular formula is C35H53Cl2N5O6S. The largest absolute Gasteiger partial charge is 0.480 e. The zero-order chi connectivity index (χ0) is 33.2. The Bertz CT molecular complexity index is 1460. The number of benzene rings is 2. The van der Waals surface area contributed by atoms with Gasteiger partial charge in [-0.3, -0.25) is 14.4 Å². The smallest absolute Gasteiger partial charge is 0.323 e. The maximum Gasteiger partial charge on any atom is 0.323 e. The maximum atomic E-state index is 14.0. The predicted molar refractivity (Wildman–Crippen MR) is 196 cm³/mol. The van der Waals surface area contributed by atoms with E-state index >= 15 is 0 Å². The number of nitrogens with one attached hydrogen (secondary N) is 4. The number of rotatable bonds is 14. The number of piperidine rings is 3. The summed E-state index contributed by atoms with van der Waals surface area (Å²) in [6.45, 7) is 4.65. The van der Waals surface area contributed by atoms with Crippen molar-refractivity contribution in [1.82, 2.24) is 25.6 Å². The second kappa shape index (κ2) is 19.8. The van der Waals surface area contributed by atoms with E-state index in [0.717, 1.165) is 82.9 Å². The second-order valence-electron chi connectivity index (χ2n) is 13.6. The molecule has 2 aromatic carbocycles. The average molecular weight is 743 g/mol. The van der Waals surface area contributed by atoms with Gasteiger partial charge in [0.25, 0.3) is 0 Å². The van der Waals surface area contributed by atoms with Crippen LogP contribution in [0.1, 0.15) is 64.2 Å². The number of hydrogen-bond donors (Lipinski definition) is 5. The molecule has 3 fully saturated rings. The van der Waals surface area contributed by atoms with Gasteiger partial charge in [-0.15, -0.1) is 24.8 Å². The van der Waals surface area contributed by atoms with Crippen LogP contribution in [0.4, 0.5) is 0 Å². The molecule has 274 valence electrons. The maximum absolute atomic E-state index is 14.0. The van der Waals surface area contributed by atoms with Gasteiger partial charge in [0.2, 0.25) is 21.8 Å². The Morgan fingerprint density at radius 2 is 1.45 bits per heavy atom. The molecule has 14 heteroatoms. The molecule has 2 aromatic rings. The second-order valence-corrected chi connectivity index (χ2v) is 15.3. The van der Waals surface area contributed by atoms with E-state index < -0.39 is 34.5 Å². The number of halogens is 2. The Kier molecular flexibility index (Phi) is 16.5. The van der Waals surface area contributed by atoms with E-state index in [-0.39, 0.29) is 47.4 Å². The molecule has 3 heterocycles. The molecule has 0 aliphatic carbocycles. The van der Waals surface area contributed by atoms with Gasteiger partial charge in [0.05, 0.1) is 10.8 Å². The van der Waals surface area contributed by atoms with Crippen molar-refractivity contribution in [3.63, 3.8) is 0 Å². The van der Waals surface area contributed by atoms with Crippen LogP contribution in [0.15, 0.2) is 47.4 Å². The molecule has 2 amide bonds. The minimum atomic E-state index is -4.17. The monoisotopic (exact) mass is 741 g/mol. The number of carbonyl (C=O) groups excluding carboxylic acids is 2. The molecule has 11 nitrogen and oxygen atoms in total. The van der Waals surface area contributed by atoms with E-state index in [4.69, 9.17) is 0 Å². The fourth-order valence-electron chi connectivity index (χ4n) is 7.37. The summed E-state index contributed by atoms with van der Waals surface area (Å²) in [4.78, 5) is 41.1. The van der Waals surface area contributed by atoms with Crippen LogP contribution in [0, 0.1) is 23.7 Å². The molecule has 3 aliphatic heterocycles. The summed E-state index contributed by atoms with van der Waals surface area (Å²) >= 11 is 0. The first kappa shape index (κ1) is 40.9. The van der Waals surface area contributed by atoms with Crippen molar-refractivity contribution in [2.75, 3.05) is 45.8 Å². The third-order valence-electron chi connectivity index (χ3n) is 10.3. The third kappa shape index (κ3) is 11.8. The number of hydrogen-bond acceptors (Lipinski definition) is 7. The minimum Gasteiger partial charge on any atom is -0.480 e. The van der Waals surface area contributed by atoms with Crippen LogP contribution in [-0.4, -0.2) is 88.1 Å². The first-order valence-electron chi connectivity index (χ1n) is 17.4. The normalized spacial score (nSPS) is 19.9. The van der Waals surface area contributed by atoms with E-state index in [0.29, 0.717) is 43.2 Å². The number of carboxylic acids is 1. The fourth-order valence-corrected chi connectivity index (χ4v) is 8.60. The van der Waals surface area contributed by atoms with Gasteiger partial charge in [-0.25, -0.2) is 8.42 Å². The number of carboxylic acid groups (broad SMARTS) is 1. The van der Waals surface area contributed by atoms with Crippen LogP contribution in [0.3, 0.4) is 0 Å². The van der Waals surface area contributed by atoms with Crippen LogP contribution >= 0.6 is 24.8 Å². The Morgan fingerprint density at radius 1 is 0.857 bits per heavy atom. The molecule has 2 atom stereocenters. The number of fused-ring (bicyclic) bond motifs is 1. The first-order chi connectivity index (χ1) is 22.7. The van der Waals surface area contributed by atoms with Crippen LogP contribution in [0.5, 0.6) is 0 Å². The number of aliphatic carboxylic acids is 1. The minimum absolute atomic E-state index is 0. The lowest BCUT2D eigenvalue weighted by molar-refractivity contribution is -0.140. The standard InChI is InChI=1S/C35H51N5O6S.2ClH/c41-33(38-23-32(35(43)44)39-47(45,46)31-12-11-27-4-1-2-5-29(27)22-31)30-6-3-21-40(24-30)34(42)28(9-7-25-13-17-36-18-14-25)10-8-26-15-19-37-20-16-26;;/h1-2,4-5,11-12,22,25-26,28,30,32,36-37,39H,3,6-10,13-21,23-24H2,(H,38,41)(H,43,44);2*1H/t30-,32?;;/m1../s1. The van der Waals surface area contributed by atoms with Gasteiger partial charge in [-0.2, -0.15) is 4.72 Å². The lowest BCUT2D eigenvalue weighted by Crippen LogP contribution is -2.51. The summed E-state index contributed by atoms with van der Waals surface area (Å²) in [6, 6.07) is 10.3. The van der Waals surface area contributed by atoms with Crippen molar-refractivity contribution in [2.45, 2.75) is 75.1 Å². The van der Waals surface area contributed by atoms with E-state index in [1.807, 2.05) is 17.0 Å². The molecule has 1 unspecified atom stereocenters. The lowest BCUT2D eigenvalue weighted by Gasteiger charge is -2.35. The molecule has 3 aliphatic rings. The number of nitrogens with zero attached hydrogens (tertiary/aromatic N) is 1. The number of likely N-dealkylation sites (tertiary alicyclic amines) is 1. The summed E-state index contributed by atoms with van der Waals surface area (Å²) in [6.07, 6.45) is 9.73. The van der Waals surface area contributed by atoms with E-state index in [1.54, 1.807) is 18.2 Å². The van der Waals surface area contributed by atoms with Gasteiger partial charge in [0.1, 0.15) is 6.04 Å². The van der Waals surface area contributed by atoms with Crippen LogP contribution in [-0.2, 0) is 24.4 Å². The third-order valence-corrected chi connectivity index (χ3v) is 11.8. The Morgan fingerprint density at radius 3 is 2.04 bits per heavy atom. The predicted octanol–water partition coefficient (Wildman–Crippen LogP) is 3.95. The zero-order valence-electron chi connectivity index (χ0n) is 28.1. The van der Waals surface area contributed by atoms with E-state index in [2.05, 4.69) is 20.7 Å². The van der Waals surface area contributed by atoms with Crippen molar-refractivity contribution < 1.29 is 27.9 Å². The SMILES string of the molecule is Cl.Cl.O=C(O)C(CNC(=O)[C@@H]1CCCN(C(=O)C(CCC2CCNCC2)CCC2CCNCC2)C1)NS(=O)(=O)c1ccc2ccccc2c1. The van der Waals surface area contributed by atoms with Crippen LogP contribution in [0.2, 0.25) is 0 Å². The van der Waals surface area contributed by atoms with Crippen LogP contribution < -0.4 is 20.7 Å². The molecule has 49 heavy (non-hydrogen) atoms. The highest BCUT2D eigenvalue weighted by molar-refractivity contribution is 7.89. The Balaban J connectivity index is 0.00000325. The highest BCUT2D eigenvalue weighted by Gasteiger charge is 2.34. The number of amides is 2. The summed E-state index contributed by atoms with van der Waals surface area (Å²) in [7, 11) is -4.17. The molecule has 0 radical (unpaired) electrons. The molecule has 0 aromatic heterocycles. The fraction of sp³-hybridized carbons (Fsp3) is 0.629. The Hall–Kier alpha value is -2.48. The van der Waals surface area contributed by atoms with Crippen molar-refractivity contribution in [3.8, 4) is 0 Å². The highest BCUT2D eigenvalue weighted by Crippen LogP contribution is 2.29. The van der Waals surface area contributed by atoms with Gasteiger partial charge < -0.3 is 26.0 Å². The van der Waals surface area contributed by atoms with Crippen molar-refractivity contribution in [1.29, 1.82) is 0 Å². The number of sulfonamides is 1. The van der Waals surface area contributed by atoms with Gasteiger partial charge >= 0.3 is 5.97 Å². The van der Waals surface area contributed by atoms with Crippen molar-refractivity contribution in [3.05, 3.63) is 42.5 Å². The topological polar surface area (TPSA) is 157 Å². The quantitative estimate of drug-likeness (QED) is 0.195. The summed E-state index contributed by atoms with van der Waals surface area (Å²) in [5, 5.41) is 20.9. The summed E-state index contributed by atoms with van der Waals surface area (Å²) in [5.41, 5.74) is 0. The van der Waals surface area contributed by atoms with Gasteiger partial charge in [-0.05, 0) is 125 Å². The zero-order valence-corrected chi connectivity index (χ0v) is 30.6. The van der Waals surface area contributed by atoms with E-state index in [9.17, 15) is 27.9 Å². The molecule has 3 saturated heterocycles. The Labute approximate surface area is 303 Å². The molecule has 0 spiro atoms. The number of carbonyl (C=O) groups is 3.